The van der Waals surface area contributed by atoms with Crippen molar-refractivity contribution in [2.24, 2.45) is 17.6 Å². The van der Waals surface area contributed by atoms with Crippen molar-refractivity contribution in [1.29, 1.82) is 0 Å². The van der Waals surface area contributed by atoms with Gasteiger partial charge < -0.3 is 21.5 Å². The van der Waals surface area contributed by atoms with Gasteiger partial charge in [-0.2, -0.15) is 0 Å². The van der Waals surface area contributed by atoms with E-state index in [9.17, 15) is 24.3 Å². The van der Waals surface area contributed by atoms with Gasteiger partial charge in [-0.25, -0.2) is 4.98 Å². The van der Waals surface area contributed by atoms with Crippen LogP contribution in [0, 0.1) is 11.8 Å². The number of benzene rings is 2. The molecule has 2 fully saturated rings. The van der Waals surface area contributed by atoms with Crippen molar-refractivity contribution < 1.29 is 24.3 Å². The Bertz CT molecular complexity index is 1610. The normalized spacial score (nSPS) is 21.5. The number of hydrogen-bond donors (Lipinski definition) is 4. The third-order valence-corrected chi connectivity index (χ3v) is 9.81. The summed E-state index contributed by atoms with van der Waals surface area (Å²) >= 11 is 0. The number of amides is 4. The molecule has 0 radical (unpaired) electrons. The number of hydrogen-bond acceptors (Lipinski definition) is 7. The van der Waals surface area contributed by atoms with Crippen LogP contribution in [-0.4, -0.2) is 82.0 Å². The quantitative estimate of drug-likeness (QED) is 0.203. The van der Waals surface area contributed by atoms with E-state index in [1.165, 1.54) is 6.42 Å². The SMILES string of the molecule is CC(C)(C)NC(=O)[C@@H]1CC2CCCCC2CN1C[C@H](O)[C@H](Cc1ccccc1)NC(=O)[C@H](CC(N)=O)N(C=O)c1ccc2ccccc2n1. The molecule has 1 saturated heterocycles. The molecule has 1 aromatic heterocycles. The fraction of sp³-hybridized carbons (Fsp3) is 0.500. The molecule has 5 N–H and O–H groups in total. The lowest BCUT2D eigenvalue weighted by Gasteiger charge is -2.47. The Kier molecular flexibility index (Phi) is 11.7. The number of nitrogens with one attached hydrogen (secondary N) is 2. The minimum atomic E-state index is -1.31. The molecule has 0 bridgehead atoms. The van der Waals surface area contributed by atoms with Gasteiger partial charge in [-0.1, -0.05) is 67.8 Å². The number of piperidine rings is 1. The van der Waals surface area contributed by atoms with Crippen LogP contribution in [0.25, 0.3) is 10.9 Å². The predicted octanol–water partition coefficient (Wildman–Crippen LogP) is 3.33. The van der Waals surface area contributed by atoms with Crippen molar-refractivity contribution in [3.8, 4) is 0 Å². The van der Waals surface area contributed by atoms with E-state index in [2.05, 4.69) is 20.5 Å². The Morgan fingerprint density at radius 1 is 1.02 bits per heavy atom. The predicted molar refractivity (Wildman–Crippen MR) is 189 cm³/mol. The minimum Gasteiger partial charge on any atom is -0.390 e. The number of pyridine rings is 1. The number of likely N-dealkylation sites (tertiary alicyclic amines) is 1. The lowest BCUT2D eigenvalue weighted by molar-refractivity contribution is -0.133. The summed E-state index contributed by atoms with van der Waals surface area (Å²) in [7, 11) is 0. The number of rotatable bonds is 13. The van der Waals surface area contributed by atoms with Gasteiger partial charge in [0.25, 0.3) is 0 Å². The van der Waals surface area contributed by atoms with Gasteiger partial charge in [0, 0.05) is 24.0 Å². The van der Waals surface area contributed by atoms with Crippen LogP contribution < -0.4 is 21.3 Å². The number of carbonyl (C=O) groups is 4. The fourth-order valence-corrected chi connectivity index (χ4v) is 7.42. The smallest absolute Gasteiger partial charge is 0.244 e. The molecule has 262 valence electrons. The van der Waals surface area contributed by atoms with E-state index >= 15 is 0 Å². The van der Waals surface area contributed by atoms with E-state index in [0.717, 1.165) is 41.5 Å². The Labute approximate surface area is 288 Å². The van der Waals surface area contributed by atoms with Crippen LogP contribution >= 0.6 is 0 Å². The van der Waals surface area contributed by atoms with Gasteiger partial charge in [-0.15, -0.1) is 0 Å². The molecule has 11 heteroatoms. The maximum atomic E-state index is 14.1. The van der Waals surface area contributed by atoms with Gasteiger partial charge in [0.15, 0.2) is 0 Å². The van der Waals surface area contributed by atoms with E-state index in [1.54, 1.807) is 18.2 Å². The third kappa shape index (κ3) is 9.42. The summed E-state index contributed by atoms with van der Waals surface area (Å²) in [5.41, 5.74) is 6.69. The Balaban J connectivity index is 1.41. The molecule has 5 rings (SSSR count). The maximum Gasteiger partial charge on any atom is 0.244 e. The summed E-state index contributed by atoms with van der Waals surface area (Å²) in [4.78, 5) is 60.3. The van der Waals surface area contributed by atoms with Gasteiger partial charge in [0.2, 0.25) is 24.1 Å². The fourth-order valence-electron chi connectivity index (χ4n) is 7.42. The molecule has 1 saturated carbocycles. The summed E-state index contributed by atoms with van der Waals surface area (Å²) in [6, 6.07) is 17.7. The molecule has 2 heterocycles. The third-order valence-electron chi connectivity index (χ3n) is 9.81. The first-order valence-corrected chi connectivity index (χ1v) is 17.4. The van der Waals surface area contributed by atoms with E-state index < -0.39 is 48.0 Å². The molecule has 3 aromatic rings. The summed E-state index contributed by atoms with van der Waals surface area (Å²) in [6.45, 7) is 6.72. The second-order valence-corrected chi connectivity index (χ2v) is 14.7. The molecule has 0 spiro atoms. The Hall–Kier alpha value is -4.35. The highest BCUT2D eigenvalue weighted by Crippen LogP contribution is 2.39. The maximum absolute atomic E-state index is 14.1. The number of nitrogens with zero attached hydrogens (tertiary/aromatic N) is 3. The number of β-amino-alcohol motifs (C(OH)–C–C–N with tert-alkyl or cyclic N) is 1. The number of para-hydroxylation sites is 1. The molecule has 2 unspecified atom stereocenters. The van der Waals surface area contributed by atoms with E-state index in [4.69, 9.17) is 5.73 Å². The van der Waals surface area contributed by atoms with Gasteiger partial charge in [0.05, 0.1) is 30.1 Å². The first kappa shape index (κ1) is 35.9. The van der Waals surface area contributed by atoms with Gasteiger partial charge in [-0.05, 0) is 75.6 Å². The average molecular weight is 671 g/mol. The monoisotopic (exact) mass is 670 g/mol. The van der Waals surface area contributed by atoms with Crippen LogP contribution in [0.15, 0.2) is 66.7 Å². The highest BCUT2D eigenvalue weighted by Gasteiger charge is 2.42. The number of aliphatic hydroxyl groups is 1. The van der Waals surface area contributed by atoms with Crippen LogP contribution in [0.3, 0.4) is 0 Å². The van der Waals surface area contributed by atoms with Crippen LogP contribution in [-0.2, 0) is 25.6 Å². The summed E-state index contributed by atoms with van der Waals surface area (Å²) in [5.74, 6) is -0.371. The minimum absolute atomic E-state index is 0.0570. The molecular weight excluding hydrogens is 620 g/mol. The van der Waals surface area contributed by atoms with Crippen molar-refractivity contribution >= 4 is 40.9 Å². The average Bonchev–Trinajstić information content (AvgIpc) is 3.07. The second-order valence-electron chi connectivity index (χ2n) is 14.7. The first-order valence-electron chi connectivity index (χ1n) is 17.4. The molecule has 2 aromatic carbocycles. The van der Waals surface area contributed by atoms with Gasteiger partial charge in [0.1, 0.15) is 11.9 Å². The molecule has 1 aliphatic carbocycles. The van der Waals surface area contributed by atoms with Crippen molar-refractivity contribution in [3.63, 3.8) is 0 Å². The number of primary amides is 1. The number of carbonyl (C=O) groups excluding carboxylic acids is 4. The van der Waals surface area contributed by atoms with Gasteiger partial charge in [-0.3, -0.25) is 29.0 Å². The van der Waals surface area contributed by atoms with E-state index in [1.807, 2.05) is 69.3 Å². The number of aliphatic hydroxyl groups excluding tert-OH is 1. The standard InChI is InChI=1S/C38H50N6O5/c1-38(2,3)42-37(49)31-20-27-14-7-8-15-28(27)22-43(31)23-33(46)30(19-25-11-5-4-6-12-25)41-36(48)32(21-34(39)47)44(24-45)35-18-17-26-13-9-10-16-29(26)40-35/h4-6,9-13,16-18,24,27-28,30-33,46H,7-8,14-15,19-23H2,1-3H3,(H2,39,47)(H,41,48)(H,42,49)/t27?,28?,30-,31-,32-,33-/m0/s1. The molecule has 11 nitrogen and oxygen atoms in total. The van der Waals surface area contributed by atoms with Crippen LogP contribution in [0.1, 0.15) is 64.9 Å². The zero-order valence-corrected chi connectivity index (χ0v) is 28.8. The zero-order valence-electron chi connectivity index (χ0n) is 28.8. The largest absolute Gasteiger partial charge is 0.390 e. The van der Waals surface area contributed by atoms with Crippen molar-refractivity contribution in [2.75, 3.05) is 18.0 Å². The topological polar surface area (TPSA) is 158 Å². The van der Waals surface area contributed by atoms with Crippen LogP contribution in [0.4, 0.5) is 5.82 Å². The van der Waals surface area contributed by atoms with Crippen LogP contribution in [0.5, 0.6) is 0 Å². The Morgan fingerprint density at radius 2 is 1.71 bits per heavy atom. The zero-order chi connectivity index (χ0) is 35.1. The summed E-state index contributed by atoms with van der Waals surface area (Å²) in [5, 5.41) is 18.9. The van der Waals surface area contributed by atoms with Crippen LogP contribution in [0.2, 0.25) is 0 Å². The summed E-state index contributed by atoms with van der Waals surface area (Å²) in [6.07, 6.45) is 4.48. The lowest BCUT2D eigenvalue weighted by atomic mass is 9.72. The first-order chi connectivity index (χ1) is 23.4. The highest BCUT2D eigenvalue weighted by molar-refractivity contribution is 5.96. The second kappa shape index (κ2) is 15.9. The number of aromatic nitrogens is 1. The van der Waals surface area contributed by atoms with Crippen molar-refractivity contribution in [1.82, 2.24) is 20.5 Å². The van der Waals surface area contributed by atoms with Crippen molar-refractivity contribution in [3.05, 3.63) is 72.3 Å². The summed E-state index contributed by atoms with van der Waals surface area (Å²) < 4.78 is 0. The highest BCUT2D eigenvalue weighted by atomic mass is 16.3. The molecular formula is C38H50N6O5. The number of nitrogens with two attached hydrogens (primary N) is 1. The molecule has 1 aliphatic heterocycles. The molecule has 4 amide bonds. The van der Waals surface area contributed by atoms with Crippen molar-refractivity contribution in [2.45, 2.75) is 95.5 Å². The van der Waals surface area contributed by atoms with E-state index in [-0.39, 0.29) is 24.7 Å². The lowest BCUT2D eigenvalue weighted by Crippen LogP contribution is -2.61. The van der Waals surface area contributed by atoms with E-state index in [0.29, 0.717) is 30.3 Å². The molecule has 49 heavy (non-hydrogen) atoms. The molecule has 6 atom stereocenters. The Morgan fingerprint density at radius 3 is 2.41 bits per heavy atom. The number of fused-ring (bicyclic) bond motifs is 2. The number of anilines is 1. The van der Waals surface area contributed by atoms with Gasteiger partial charge >= 0.3 is 0 Å². The molecule has 2 aliphatic rings.